The Kier molecular flexibility index (Phi) is 4.19. The first-order valence-electron chi connectivity index (χ1n) is 7.51. The van der Waals surface area contributed by atoms with Gasteiger partial charge in [-0.15, -0.1) is 0 Å². The number of carbonyl (C=O) groups is 1. The lowest BCUT2D eigenvalue weighted by atomic mass is 10.1. The van der Waals surface area contributed by atoms with Gasteiger partial charge < -0.3 is 4.74 Å². The molecule has 0 atom stereocenters. The predicted molar refractivity (Wildman–Crippen MR) is 85.8 cm³/mol. The normalized spacial score (nSPS) is 10.8. The lowest BCUT2D eigenvalue weighted by Crippen LogP contribution is -2.07. The van der Waals surface area contributed by atoms with Crippen molar-refractivity contribution in [3.05, 3.63) is 60.3 Å². The number of pyridine rings is 1. The maximum absolute atomic E-state index is 12.5. The second-order valence-electron chi connectivity index (χ2n) is 5.11. The van der Waals surface area contributed by atoms with Crippen molar-refractivity contribution in [1.82, 2.24) is 9.61 Å². The number of hydrogen-bond acceptors (Lipinski definition) is 3. The summed E-state index contributed by atoms with van der Waals surface area (Å²) in [5.74, 6) is -0.312. The average molecular weight is 294 g/mol. The Morgan fingerprint density at radius 1 is 1.14 bits per heavy atom. The van der Waals surface area contributed by atoms with Gasteiger partial charge in [0.05, 0.1) is 12.1 Å². The van der Waals surface area contributed by atoms with Crippen LogP contribution in [-0.4, -0.2) is 22.2 Å². The summed E-state index contributed by atoms with van der Waals surface area (Å²) in [6, 6.07) is 15.4. The van der Waals surface area contributed by atoms with Gasteiger partial charge in [-0.1, -0.05) is 49.7 Å². The Bertz CT molecular complexity index is 778. The summed E-state index contributed by atoms with van der Waals surface area (Å²) >= 11 is 0. The van der Waals surface area contributed by atoms with Gasteiger partial charge in [-0.3, -0.25) is 0 Å². The molecule has 0 aliphatic heterocycles. The topological polar surface area (TPSA) is 43.6 Å². The lowest BCUT2D eigenvalue weighted by molar-refractivity contribution is 0.0503. The number of esters is 1. The number of fused-ring (bicyclic) bond motifs is 1. The zero-order chi connectivity index (χ0) is 15.4. The highest BCUT2D eigenvalue weighted by Gasteiger charge is 2.21. The minimum absolute atomic E-state index is 0.312. The largest absolute Gasteiger partial charge is 0.462 e. The van der Waals surface area contributed by atoms with Crippen LogP contribution in [0.4, 0.5) is 0 Å². The highest BCUT2D eigenvalue weighted by atomic mass is 16.5. The van der Waals surface area contributed by atoms with Crippen molar-refractivity contribution in [2.75, 3.05) is 6.61 Å². The molecule has 2 heterocycles. The molecule has 3 aromatic rings. The van der Waals surface area contributed by atoms with Gasteiger partial charge in [0, 0.05) is 11.8 Å². The summed E-state index contributed by atoms with van der Waals surface area (Å²) in [5.41, 5.74) is 2.87. The van der Waals surface area contributed by atoms with E-state index >= 15 is 0 Å². The van der Waals surface area contributed by atoms with Gasteiger partial charge in [-0.2, -0.15) is 5.10 Å². The van der Waals surface area contributed by atoms with Crippen LogP contribution in [0.3, 0.4) is 0 Å². The van der Waals surface area contributed by atoms with Crippen LogP contribution in [-0.2, 0) is 4.74 Å². The fourth-order valence-electron chi connectivity index (χ4n) is 2.38. The molecule has 0 radical (unpaired) electrons. The Hall–Kier alpha value is -2.62. The first-order chi connectivity index (χ1) is 10.8. The summed E-state index contributed by atoms with van der Waals surface area (Å²) in [4.78, 5) is 12.5. The summed E-state index contributed by atoms with van der Waals surface area (Å²) in [6.45, 7) is 2.51. The van der Waals surface area contributed by atoms with Gasteiger partial charge in [0.2, 0.25) is 0 Å². The van der Waals surface area contributed by atoms with Crippen molar-refractivity contribution in [2.45, 2.75) is 19.8 Å². The lowest BCUT2D eigenvalue weighted by Gasteiger charge is -2.05. The van der Waals surface area contributed by atoms with Crippen LogP contribution in [0.2, 0.25) is 0 Å². The van der Waals surface area contributed by atoms with E-state index in [0.717, 1.165) is 23.9 Å². The van der Waals surface area contributed by atoms with E-state index in [0.29, 0.717) is 17.9 Å². The molecule has 112 valence electrons. The van der Waals surface area contributed by atoms with E-state index in [1.807, 2.05) is 54.7 Å². The predicted octanol–water partition coefficient (Wildman–Crippen LogP) is 3.96. The first-order valence-corrected chi connectivity index (χ1v) is 7.51. The number of unbranched alkanes of at least 4 members (excludes halogenated alkanes) is 1. The van der Waals surface area contributed by atoms with Crippen LogP contribution in [0.15, 0.2) is 54.7 Å². The highest BCUT2D eigenvalue weighted by Crippen LogP contribution is 2.26. The highest BCUT2D eigenvalue weighted by molar-refractivity contribution is 6.03. The van der Waals surface area contributed by atoms with Gasteiger partial charge in [0.1, 0.15) is 11.3 Å². The first kappa shape index (κ1) is 14.3. The Balaban J connectivity index is 2.07. The smallest absolute Gasteiger partial charge is 0.342 e. The maximum atomic E-state index is 12.5. The minimum Gasteiger partial charge on any atom is -0.462 e. The molecule has 22 heavy (non-hydrogen) atoms. The molecule has 4 nitrogen and oxygen atoms in total. The van der Waals surface area contributed by atoms with E-state index in [2.05, 4.69) is 12.0 Å². The number of nitrogens with zero attached hydrogens (tertiary/aromatic N) is 2. The Labute approximate surface area is 129 Å². The van der Waals surface area contributed by atoms with Crippen molar-refractivity contribution < 1.29 is 9.53 Å². The third kappa shape index (κ3) is 2.72. The minimum atomic E-state index is -0.312. The van der Waals surface area contributed by atoms with Crippen molar-refractivity contribution in [2.24, 2.45) is 0 Å². The number of aromatic nitrogens is 2. The van der Waals surface area contributed by atoms with E-state index in [1.54, 1.807) is 4.52 Å². The molecule has 0 N–H and O–H groups in total. The molecular weight excluding hydrogens is 276 g/mol. The molecule has 0 aliphatic rings. The number of hydrogen-bond donors (Lipinski definition) is 0. The maximum Gasteiger partial charge on any atom is 0.342 e. The third-order valence-corrected chi connectivity index (χ3v) is 3.52. The van der Waals surface area contributed by atoms with Crippen molar-refractivity contribution >= 4 is 11.5 Å². The molecule has 0 saturated carbocycles. The Morgan fingerprint density at radius 3 is 2.68 bits per heavy atom. The van der Waals surface area contributed by atoms with E-state index in [-0.39, 0.29) is 5.97 Å². The molecule has 4 heteroatoms. The summed E-state index contributed by atoms with van der Waals surface area (Å²) in [5, 5.41) is 4.55. The van der Waals surface area contributed by atoms with Crippen LogP contribution in [0, 0.1) is 0 Å². The van der Waals surface area contributed by atoms with Crippen molar-refractivity contribution in [3.63, 3.8) is 0 Å². The van der Waals surface area contributed by atoms with Crippen LogP contribution >= 0.6 is 0 Å². The quantitative estimate of drug-likeness (QED) is 0.528. The Morgan fingerprint density at radius 2 is 1.91 bits per heavy atom. The number of rotatable bonds is 5. The molecule has 0 fully saturated rings. The molecule has 0 unspecified atom stereocenters. The molecule has 2 aromatic heterocycles. The molecule has 0 amide bonds. The number of carbonyl (C=O) groups excluding carboxylic acids is 1. The molecule has 0 spiro atoms. The van der Waals surface area contributed by atoms with Crippen LogP contribution in [0.1, 0.15) is 30.1 Å². The van der Waals surface area contributed by atoms with Crippen LogP contribution in [0.5, 0.6) is 0 Å². The summed E-state index contributed by atoms with van der Waals surface area (Å²) < 4.78 is 7.13. The molecule has 0 aliphatic carbocycles. The third-order valence-electron chi connectivity index (χ3n) is 3.52. The molecule has 3 rings (SSSR count). The van der Waals surface area contributed by atoms with E-state index in [9.17, 15) is 4.79 Å². The standard InChI is InChI=1S/C18H18N2O2/c1-2-3-13-22-18(21)16-15-11-7-8-12-20(15)19-17(16)14-9-5-4-6-10-14/h4-12H,2-3,13H2,1H3. The van der Waals surface area contributed by atoms with Gasteiger partial charge >= 0.3 is 5.97 Å². The second-order valence-corrected chi connectivity index (χ2v) is 5.11. The van der Waals surface area contributed by atoms with Crippen LogP contribution < -0.4 is 0 Å². The molecular formula is C18H18N2O2. The fourth-order valence-corrected chi connectivity index (χ4v) is 2.38. The van der Waals surface area contributed by atoms with Crippen LogP contribution in [0.25, 0.3) is 16.8 Å². The zero-order valence-electron chi connectivity index (χ0n) is 12.5. The monoisotopic (exact) mass is 294 g/mol. The molecule has 0 bridgehead atoms. The number of benzene rings is 1. The number of ether oxygens (including phenoxy) is 1. The summed E-state index contributed by atoms with van der Waals surface area (Å²) in [7, 11) is 0. The molecule has 1 aromatic carbocycles. The van der Waals surface area contributed by atoms with Gasteiger partial charge in [-0.05, 0) is 18.6 Å². The average Bonchev–Trinajstić information content (AvgIpc) is 2.95. The fraction of sp³-hybridized carbons (Fsp3) is 0.222. The van der Waals surface area contributed by atoms with E-state index < -0.39 is 0 Å². The van der Waals surface area contributed by atoms with E-state index in [4.69, 9.17) is 4.74 Å². The van der Waals surface area contributed by atoms with Crippen molar-refractivity contribution in [3.8, 4) is 11.3 Å². The second kappa shape index (κ2) is 6.43. The van der Waals surface area contributed by atoms with Gasteiger partial charge in [0.15, 0.2) is 0 Å². The van der Waals surface area contributed by atoms with E-state index in [1.165, 1.54) is 0 Å². The SMILES string of the molecule is CCCCOC(=O)c1c(-c2ccccc2)nn2ccccc12. The summed E-state index contributed by atoms with van der Waals surface area (Å²) in [6.07, 6.45) is 3.70. The molecule has 0 saturated heterocycles. The van der Waals surface area contributed by atoms with Gasteiger partial charge in [-0.25, -0.2) is 9.31 Å². The van der Waals surface area contributed by atoms with Gasteiger partial charge in [0.25, 0.3) is 0 Å². The zero-order valence-corrected chi connectivity index (χ0v) is 12.5. The van der Waals surface area contributed by atoms with Crippen molar-refractivity contribution in [1.29, 1.82) is 0 Å².